The highest BCUT2D eigenvalue weighted by atomic mass is 16.6. The summed E-state index contributed by atoms with van der Waals surface area (Å²) in [6, 6.07) is 9.04. The molecule has 1 fully saturated rings. The average molecular weight is 456 g/mol. The van der Waals surface area contributed by atoms with Crippen LogP contribution in [0.1, 0.15) is 45.1 Å². The van der Waals surface area contributed by atoms with Crippen molar-refractivity contribution in [1.82, 2.24) is 4.90 Å². The highest BCUT2D eigenvalue weighted by Gasteiger charge is 2.46. The van der Waals surface area contributed by atoms with Crippen molar-refractivity contribution in [2.45, 2.75) is 58.1 Å². The minimum atomic E-state index is -1.02. The smallest absolute Gasteiger partial charge is 0.416 e. The molecule has 1 N–H and O–H groups in total. The molecule has 2 aliphatic rings. The zero-order valence-corrected chi connectivity index (χ0v) is 19.3. The third-order valence-electron chi connectivity index (χ3n) is 6.06. The number of nitrogens with zero attached hydrogens (tertiary/aromatic N) is 1. The summed E-state index contributed by atoms with van der Waals surface area (Å²) in [6.45, 7) is 4.19. The van der Waals surface area contributed by atoms with Crippen LogP contribution in [0.2, 0.25) is 0 Å². The Bertz CT molecular complexity index is 891. The lowest BCUT2D eigenvalue weighted by Crippen LogP contribution is -2.50. The summed E-state index contributed by atoms with van der Waals surface area (Å²) < 4.78 is 11.2. The second-order valence-electron chi connectivity index (χ2n) is 8.85. The normalized spacial score (nSPS) is 22.5. The number of aliphatic hydroxyl groups excluding tert-OH is 1. The first-order chi connectivity index (χ1) is 15.9. The van der Waals surface area contributed by atoms with Gasteiger partial charge in [0.1, 0.15) is 12.4 Å². The van der Waals surface area contributed by atoms with Crippen molar-refractivity contribution in [3.05, 3.63) is 59.9 Å². The molecular formula is C26H33NO6. The zero-order valence-electron chi connectivity index (χ0n) is 19.3. The monoisotopic (exact) mass is 455 g/mol. The molecule has 2 aliphatic heterocycles. The van der Waals surface area contributed by atoms with E-state index in [1.807, 2.05) is 50.3 Å². The number of cyclic esters (lactones) is 1. The van der Waals surface area contributed by atoms with Crippen molar-refractivity contribution < 1.29 is 29.0 Å². The van der Waals surface area contributed by atoms with Gasteiger partial charge in [0, 0.05) is 6.61 Å². The van der Waals surface area contributed by atoms with E-state index in [1.54, 1.807) is 6.08 Å². The van der Waals surface area contributed by atoms with Crippen LogP contribution in [-0.4, -0.2) is 53.1 Å². The third kappa shape index (κ3) is 6.32. The molecule has 3 rings (SSSR count). The number of carbonyl (C=O) groups excluding carboxylic acids is 3. The van der Waals surface area contributed by atoms with E-state index in [0.29, 0.717) is 5.76 Å². The van der Waals surface area contributed by atoms with Gasteiger partial charge in [0.2, 0.25) is 5.91 Å². The Hall–Kier alpha value is -2.93. The number of hydrogen-bond acceptors (Lipinski definition) is 6. The molecular weight excluding hydrogens is 422 g/mol. The van der Waals surface area contributed by atoms with Crippen LogP contribution in [0.3, 0.4) is 0 Å². The van der Waals surface area contributed by atoms with E-state index in [1.165, 1.54) is 11.0 Å². The van der Waals surface area contributed by atoms with Gasteiger partial charge >= 0.3 is 6.09 Å². The number of unbranched alkanes of at least 4 members (excludes halogenated alkanes) is 3. The molecule has 0 radical (unpaired) electrons. The molecule has 178 valence electrons. The summed E-state index contributed by atoms with van der Waals surface area (Å²) in [5, 5.41) is 8.92. The number of benzene rings is 1. The second kappa shape index (κ2) is 11.8. The van der Waals surface area contributed by atoms with Gasteiger partial charge in [0.05, 0.1) is 12.0 Å². The first-order valence-electron chi connectivity index (χ1n) is 11.7. The minimum Gasteiger partial charge on any atom is -0.482 e. The van der Waals surface area contributed by atoms with Gasteiger partial charge in [0.25, 0.3) is 0 Å². The first-order valence-corrected chi connectivity index (χ1v) is 11.7. The van der Waals surface area contributed by atoms with Gasteiger partial charge in [-0.3, -0.25) is 9.59 Å². The highest BCUT2D eigenvalue weighted by molar-refractivity contribution is 6.02. The molecule has 0 aliphatic carbocycles. The third-order valence-corrected chi connectivity index (χ3v) is 6.06. The van der Waals surface area contributed by atoms with Gasteiger partial charge in [-0.2, -0.15) is 0 Å². The lowest BCUT2D eigenvalue weighted by Gasteiger charge is -2.32. The Kier molecular flexibility index (Phi) is 8.83. The zero-order chi connectivity index (χ0) is 23.8. The number of amides is 2. The quantitative estimate of drug-likeness (QED) is 0.540. The molecule has 1 aromatic rings. The average Bonchev–Trinajstić information content (AvgIpc) is 3.20. The van der Waals surface area contributed by atoms with Crippen molar-refractivity contribution in [3.8, 4) is 0 Å². The predicted octanol–water partition coefficient (Wildman–Crippen LogP) is 3.81. The molecule has 3 atom stereocenters. The number of aliphatic hydroxyl groups is 1. The number of hydrogen-bond donors (Lipinski definition) is 1. The number of ether oxygens (including phenoxy) is 2. The maximum absolute atomic E-state index is 13.7. The summed E-state index contributed by atoms with van der Waals surface area (Å²) in [6.07, 6.45) is 6.82. The van der Waals surface area contributed by atoms with Gasteiger partial charge < -0.3 is 14.6 Å². The van der Waals surface area contributed by atoms with Gasteiger partial charge in [-0.15, -0.1) is 0 Å². The molecule has 2 heterocycles. The lowest BCUT2D eigenvalue weighted by atomic mass is 9.88. The van der Waals surface area contributed by atoms with Crippen LogP contribution >= 0.6 is 0 Å². The summed E-state index contributed by atoms with van der Waals surface area (Å²) in [5.74, 6) is -1.05. The summed E-state index contributed by atoms with van der Waals surface area (Å²) in [4.78, 5) is 40.2. The molecule has 2 amide bonds. The van der Waals surface area contributed by atoms with Crippen LogP contribution in [0, 0.1) is 11.8 Å². The Morgan fingerprint density at radius 3 is 2.61 bits per heavy atom. The topological polar surface area (TPSA) is 93.1 Å². The van der Waals surface area contributed by atoms with Crippen LogP contribution in [0.25, 0.3) is 0 Å². The van der Waals surface area contributed by atoms with E-state index in [2.05, 4.69) is 0 Å². The largest absolute Gasteiger partial charge is 0.482 e. The number of carbonyl (C=O) groups is 3. The molecule has 0 spiro atoms. The van der Waals surface area contributed by atoms with E-state index >= 15 is 0 Å². The molecule has 7 nitrogen and oxygen atoms in total. The summed E-state index contributed by atoms with van der Waals surface area (Å²) >= 11 is 0. The van der Waals surface area contributed by atoms with E-state index < -0.39 is 24.0 Å². The maximum atomic E-state index is 13.7. The number of allylic oxidation sites excluding steroid dienone is 2. The van der Waals surface area contributed by atoms with Crippen molar-refractivity contribution in [2.24, 2.45) is 11.8 Å². The Morgan fingerprint density at radius 1 is 1.15 bits per heavy atom. The molecule has 33 heavy (non-hydrogen) atoms. The van der Waals surface area contributed by atoms with Crippen LogP contribution < -0.4 is 0 Å². The SMILES string of the molecule is CC(C)[C@@H]1COC(=O)N1C(=O)[C@H](Cc1ccccc1)[C@H]1OC(=CCCCCCO)C=CC1=O. The van der Waals surface area contributed by atoms with Crippen LogP contribution in [0.5, 0.6) is 0 Å². The fourth-order valence-corrected chi connectivity index (χ4v) is 4.13. The standard InChI is InChI=1S/C26H33NO6/c1-18(2)22-17-32-26(31)27(22)25(30)21(16-19-10-6-5-7-11-19)24-23(29)14-13-20(33-24)12-8-3-4-9-15-28/h5-7,10-14,18,21-22,24,28H,3-4,8-9,15-17H2,1-2H3/t21-,22+,24-/m1/s1. The van der Waals surface area contributed by atoms with E-state index in [9.17, 15) is 14.4 Å². The molecule has 1 saturated heterocycles. The Labute approximate surface area is 195 Å². The van der Waals surface area contributed by atoms with Crippen LogP contribution in [0.4, 0.5) is 4.79 Å². The van der Waals surface area contributed by atoms with Gasteiger partial charge in [-0.1, -0.05) is 50.6 Å². The second-order valence-corrected chi connectivity index (χ2v) is 8.85. The molecule has 7 heteroatoms. The van der Waals surface area contributed by atoms with Crippen molar-refractivity contribution in [2.75, 3.05) is 13.2 Å². The predicted molar refractivity (Wildman–Crippen MR) is 123 cm³/mol. The van der Waals surface area contributed by atoms with Crippen LogP contribution in [-0.2, 0) is 25.5 Å². The molecule has 1 aromatic carbocycles. The van der Waals surface area contributed by atoms with E-state index in [-0.39, 0.29) is 37.4 Å². The molecule has 0 unspecified atom stereocenters. The fraction of sp³-hybridized carbons (Fsp3) is 0.500. The number of imide groups is 1. The van der Waals surface area contributed by atoms with Gasteiger partial charge in [0.15, 0.2) is 11.9 Å². The Morgan fingerprint density at radius 2 is 1.91 bits per heavy atom. The van der Waals surface area contributed by atoms with Gasteiger partial charge in [-0.05, 0) is 55.4 Å². The maximum Gasteiger partial charge on any atom is 0.416 e. The first kappa shape index (κ1) is 24.7. The number of rotatable bonds is 10. The van der Waals surface area contributed by atoms with Crippen molar-refractivity contribution in [1.29, 1.82) is 0 Å². The van der Waals surface area contributed by atoms with Crippen molar-refractivity contribution >= 4 is 17.8 Å². The highest BCUT2D eigenvalue weighted by Crippen LogP contribution is 2.29. The minimum absolute atomic E-state index is 0.0232. The van der Waals surface area contributed by atoms with Crippen LogP contribution in [0.15, 0.2) is 54.3 Å². The van der Waals surface area contributed by atoms with Gasteiger partial charge in [-0.25, -0.2) is 9.69 Å². The molecule has 0 bridgehead atoms. The van der Waals surface area contributed by atoms with E-state index in [0.717, 1.165) is 31.2 Å². The summed E-state index contributed by atoms with van der Waals surface area (Å²) in [5.41, 5.74) is 0.880. The Balaban J connectivity index is 1.85. The lowest BCUT2D eigenvalue weighted by molar-refractivity contribution is -0.144. The fourth-order valence-electron chi connectivity index (χ4n) is 4.13. The molecule has 0 aromatic heterocycles. The number of ketones is 1. The summed E-state index contributed by atoms with van der Waals surface area (Å²) in [7, 11) is 0. The van der Waals surface area contributed by atoms with E-state index in [4.69, 9.17) is 14.6 Å². The molecule has 0 saturated carbocycles. The van der Waals surface area contributed by atoms with Crippen molar-refractivity contribution in [3.63, 3.8) is 0 Å².